The largest absolute Gasteiger partial charge is 0.506 e. The molecule has 0 unspecified atom stereocenters. The van der Waals surface area contributed by atoms with Gasteiger partial charge < -0.3 is 10.4 Å². The Bertz CT molecular complexity index is 1040. The van der Waals surface area contributed by atoms with Crippen molar-refractivity contribution in [2.75, 3.05) is 11.9 Å². The summed E-state index contributed by atoms with van der Waals surface area (Å²) in [4.78, 5) is 26.7. The van der Waals surface area contributed by atoms with Gasteiger partial charge >= 0.3 is 0 Å². The number of rotatable bonds is 5. The van der Waals surface area contributed by atoms with E-state index in [9.17, 15) is 14.7 Å². The van der Waals surface area contributed by atoms with Crippen molar-refractivity contribution in [3.8, 4) is 5.75 Å². The molecule has 3 rings (SSSR count). The maximum atomic E-state index is 12.7. The molecule has 2 aromatic rings. The molecule has 29 heavy (non-hydrogen) atoms. The van der Waals surface area contributed by atoms with Gasteiger partial charge in [0.2, 0.25) is 5.91 Å². The average Bonchev–Trinajstić information content (AvgIpc) is 2.92. The summed E-state index contributed by atoms with van der Waals surface area (Å²) in [5.41, 5.74) is 2.09. The summed E-state index contributed by atoms with van der Waals surface area (Å²) >= 11 is 12.3. The lowest BCUT2D eigenvalue weighted by atomic mass is 10.1. The zero-order valence-electron chi connectivity index (χ0n) is 15.4. The van der Waals surface area contributed by atoms with Crippen LogP contribution in [-0.2, 0) is 9.59 Å². The highest BCUT2D eigenvalue weighted by Gasteiger charge is 2.33. The third kappa shape index (κ3) is 5.47. The van der Waals surface area contributed by atoms with Crippen LogP contribution >= 0.6 is 35.6 Å². The van der Waals surface area contributed by atoms with Crippen molar-refractivity contribution in [2.45, 2.75) is 6.92 Å². The highest BCUT2D eigenvalue weighted by atomic mass is 35.5. The van der Waals surface area contributed by atoms with Crippen LogP contribution in [0.1, 0.15) is 12.5 Å². The maximum Gasteiger partial charge on any atom is 0.266 e. The number of allylic oxidation sites excluding steroid dienone is 2. The number of hydrogen-bond acceptors (Lipinski definition) is 5. The van der Waals surface area contributed by atoms with Crippen molar-refractivity contribution >= 4 is 63.5 Å². The molecule has 1 heterocycles. The molecule has 0 spiro atoms. The maximum absolute atomic E-state index is 12.7. The fourth-order valence-corrected chi connectivity index (χ4v) is 4.12. The predicted molar refractivity (Wildman–Crippen MR) is 122 cm³/mol. The quantitative estimate of drug-likeness (QED) is 0.392. The van der Waals surface area contributed by atoms with E-state index in [2.05, 4.69) is 5.32 Å². The normalized spacial score (nSPS) is 15.9. The standard InChI is InChI=1S/C21H17ClN2O3S2/c1-13(9-14-5-3-2-4-6-14)10-18-20(27)24(21(28)29-18)12-19(26)23-16-11-15(22)7-8-17(16)25/h2-11,25H,12H2,1H3,(H,23,26). The molecule has 5 nitrogen and oxygen atoms in total. The smallest absolute Gasteiger partial charge is 0.266 e. The summed E-state index contributed by atoms with van der Waals surface area (Å²) in [7, 11) is 0. The molecule has 2 amide bonds. The fraction of sp³-hybridized carbons (Fsp3) is 0.0952. The van der Waals surface area contributed by atoms with Gasteiger partial charge in [-0.05, 0) is 42.3 Å². The minimum absolute atomic E-state index is 0.116. The third-order valence-electron chi connectivity index (χ3n) is 3.96. The van der Waals surface area contributed by atoms with E-state index in [4.69, 9.17) is 23.8 Å². The number of phenols is 1. The predicted octanol–water partition coefficient (Wildman–Crippen LogP) is 4.83. The Hall–Kier alpha value is -2.61. The van der Waals surface area contributed by atoms with Crippen LogP contribution in [-0.4, -0.2) is 32.7 Å². The first-order valence-corrected chi connectivity index (χ1v) is 10.2. The minimum Gasteiger partial charge on any atom is -0.506 e. The lowest BCUT2D eigenvalue weighted by Gasteiger charge is -2.14. The van der Waals surface area contributed by atoms with E-state index in [1.54, 1.807) is 6.08 Å². The number of anilines is 1. The number of hydrogen-bond donors (Lipinski definition) is 2. The van der Waals surface area contributed by atoms with E-state index < -0.39 is 5.91 Å². The number of thiocarbonyl (C=S) groups is 1. The molecule has 0 atom stereocenters. The van der Waals surface area contributed by atoms with Crippen LogP contribution in [0.3, 0.4) is 0 Å². The summed E-state index contributed by atoms with van der Waals surface area (Å²) in [5.74, 6) is -0.933. The molecule has 8 heteroatoms. The van der Waals surface area contributed by atoms with Crippen LogP contribution in [0, 0.1) is 0 Å². The van der Waals surface area contributed by atoms with Gasteiger partial charge in [0.1, 0.15) is 16.6 Å². The average molecular weight is 445 g/mol. The van der Waals surface area contributed by atoms with Crippen molar-refractivity contribution < 1.29 is 14.7 Å². The Morgan fingerprint density at radius 2 is 2.00 bits per heavy atom. The molecule has 0 aromatic heterocycles. The Kier molecular flexibility index (Phi) is 6.74. The second-order valence-corrected chi connectivity index (χ2v) is 8.39. The first-order valence-electron chi connectivity index (χ1n) is 8.60. The minimum atomic E-state index is -0.489. The highest BCUT2D eigenvalue weighted by Crippen LogP contribution is 2.32. The van der Waals surface area contributed by atoms with E-state index >= 15 is 0 Å². The lowest BCUT2D eigenvalue weighted by Crippen LogP contribution is -2.36. The van der Waals surface area contributed by atoms with Gasteiger partial charge in [-0.15, -0.1) is 0 Å². The van der Waals surface area contributed by atoms with Gasteiger partial charge in [0.05, 0.1) is 10.6 Å². The molecule has 1 aliphatic heterocycles. The van der Waals surface area contributed by atoms with E-state index in [1.807, 2.05) is 43.3 Å². The van der Waals surface area contributed by atoms with Gasteiger partial charge in [0.15, 0.2) is 0 Å². The number of carbonyl (C=O) groups excluding carboxylic acids is 2. The van der Waals surface area contributed by atoms with Gasteiger partial charge in [-0.1, -0.05) is 72.0 Å². The summed E-state index contributed by atoms with van der Waals surface area (Å²) in [6.45, 7) is 1.64. The number of amides is 2. The zero-order valence-corrected chi connectivity index (χ0v) is 17.8. The van der Waals surface area contributed by atoms with Crippen LogP contribution in [0.4, 0.5) is 5.69 Å². The molecule has 2 N–H and O–H groups in total. The third-order valence-corrected chi connectivity index (χ3v) is 5.57. The summed E-state index contributed by atoms with van der Waals surface area (Å²) in [6.07, 6.45) is 3.72. The first kappa shape index (κ1) is 21.1. The molecule has 0 saturated carbocycles. The molecule has 0 bridgehead atoms. The lowest BCUT2D eigenvalue weighted by molar-refractivity contribution is -0.126. The van der Waals surface area contributed by atoms with Gasteiger partial charge in [-0.2, -0.15) is 0 Å². The number of thioether (sulfide) groups is 1. The summed E-state index contributed by atoms with van der Waals surface area (Å²) in [5, 5.41) is 12.7. The van der Waals surface area contributed by atoms with Crippen molar-refractivity contribution in [3.63, 3.8) is 0 Å². The molecular formula is C21H17ClN2O3S2. The van der Waals surface area contributed by atoms with E-state index in [-0.39, 0.29) is 23.9 Å². The number of halogens is 1. The fourth-order valence-electron chi connectivity index (χ4n) is 2.64. The number of nitrogens with one attached hydrogen (secondary N) is 1. The van der Waals surface area contributed by atoms with Gasteiger partial charge in [-0.3, -0.25) is 14.5 Å². The van der Waals surface area contributed by atoms with Gasteiger partial charge in [-0.25, -0.2) is 0 Å². The van der Waals surface area contributed by atoms with E-state index in [1.165, 1.54) is 23.1 Å². The molecule has 2 aromatic carbocycles. The van der Waals surface area contributed by atoms with Crippen molar-refractivity contribution in [1.29, 1.82) is 0 Å². The van der Waals surface area contributed by atoms with Gasteiger partial charge in [0, 0.05) is 5.02 Å². The van der Waals surface area contributed by atoms with Crippen LogP contribution in [0.25, 0.3) is 6.08 Å². The molecule has 0 aliphatic carbocycles. The SMILES string of the molecule is CC(=Cc1ccccc1)C=C1SC(=S)N(CC(=O)Nc2cc(Cl)ccc2O)C1=O. The van der Waals surface area contributed by atoms with Crippen LogP contribution in [0.5, 0.6) is 5.75 Å². The topological polar surface area (TPSA) is 69.6 Å². The summed E-state index contributed by atoms with van der Waals surface area (Å²) < 4.78 is 0.305. The monoisotopic (exact) mass is 444 g/mol. The molecular weight excluding hydrogens is 428 g/mol. The van der Waals surface area contributed by atoms with Crippen molar-refractivity contribution in [3.05, 3.63) is 75.7 Å². The Balaban J connectivity index is 1.69. The Labute approximate surface area is 183 Å². The molecule has 1 aliphatic rings. The molecule has 148 valence electrons. The van der Waals surface area contributed by atoms with E-state index in [0.717, 1.165) is 22.9 Å². The number of benzene rings is 2. The zero-order chi connectivity index (χ0) is 21.0. The highest BCUT2D eigenvalue weighted by molar-refractivity contribution is 8.26. The van der Waals surface area contributed by atoms with Gasteiger partial charge in [0.25, 0.3) is 5.91 Å². The summed E-state index contributed by atoms with van der Waals surface area (Å²) in [6, 6.07) is 14.1. The first-order chi connectivity index (χ1) is 13.8. The molecule has 0 radical (unpaired) electrons. The van der Waals surface area contributed by atoms with Crippen LogP contribution < -0.4 is 5.32 Å². The number of phenolic OH excluding ortho intramolecular Hbond substituents is 1. The second kappa shape index (κ2) is 9.26. The number of carbonyl (C=O) groups is 2. The van der Waals surface area contributed by atoms with Crippen LogP contribution in [0.2, 0.25) is 5.02 Å². The van der Waals surface area contributed by atoms with E-state index in [0.29, 0.717) is 14.2 Å². The van der Waals surface area contributed by atoms with Crippen molar-refractivity contribution in [1.82, 2.24) is 4.90 Å². The molecule has 1 saturated heterocycles. The number of aromatic hydroxyl groups is 1. The van der Waals surface area contributed by atoms with Crippen molar-refractivity contribution in [2.24, 2.45) is 0 Å². The second-order valence-electron chi connectivity index (χ2n) is 6.28. The Morgan fingerprint density at radius 3 is 2.72 bits per heavy atom. The Morgan fingerprint density at radius 1 is 1.28 bits per heavy atom. The molecule has 1 fully saturated rings. The number of nitrogens with zero attached hydrogens (tertiary/aromatic N) is 1. The van der Waals surface area contributed by atoms with Crippen LogP contribution in [0.15, 0.2) is 65.1 Å².